The number of nitrogens with zero attached hydrogens (tertiary/aromatic N) is 1. The average Bonchev–Trinajstić information content (AvgIpc) is 2.69. The van der Waals surface area contributed by atoms with E-state index in [9.17, 15) is 9.59 Å². The van der Waals surface area contributed by atoms with Crippen molar-refractivity contribution in [1.29, 1.82) is 0 Å². The summed E-state index contributed by atoms with van der Waals surface area (Å²) in [6, 6.07) is 5.97. The van der Waals surface area contributed by atoms with Crippen LogP contribution in [0, 0.1) is 0 Å². The van der Waals surface area contributed by atoms with E-state index in [1.165, 1.54) is 0 Å². The monoisotopic (exact) mass is 376 g/mol. The molecule has 1 aliphatic heterocycles. The number of likely N-dealkylation sites (tertiary alicyclic amines) is 1. The largest absolute Gasteiger partial charge is 0.490 e. The number of nitrogens with one attached hydrogen (secondary N) is 1. The van der Waals surface area contributed by atoms with Gasteiger partial charge in [0.05, 0.1) is 13.2 Å². The number of hydrogen-bond acceptors (Lipinski definition) is 4. The Morgan fingerprint density at radius 1 is 1.11 bits per heavy atom. The third-order valence-electron chi connectivity index (χ3n) is 4.86. The number of ether oxygens (including phenoxy) is 2. The van der Waals surface area contributed by atoms with Crippen molar-refractivity contribution in [3.8, 4) is 11.5 Å². The van der Waals surface area contributed by atoms with Gasteiger partial charge < -0.3 is 19.7 Å². The third kappa shape index (κ3) is 5.88. The van der Waals surface area contributed by atoms with Crippen LogP contribution in [-0.2, 0) is 16.0 Å². The third-order valence-corrected chi connectivity index (χ3v) is 4.86. The molecule has 0 saturated carbocycles. The van der Waals surface area contributed by atoms with Crippen molar-refractivity contribution in [3.63, 3.8) is 0 Å². The van der Waals surface area contributed by atoms with Gasteiger partial charge in [0.2, 0.25) is 0 Å². The van der Waals surface area contributed by atoms with E-state index < -0.39 is 11.8 Å². The fourth-order valence-corrected chi connectivity index (χ4v) is 3.47. The van der Waals surface area contributed by atoms with Gasteiger partial charge in [-0.2, -0.15) is 0 Å². The standard InChI is InChI=1S/C21H32N2O4/c1-4-17-9-7-8-14-23(17)21(25)20(24)22-13-12-16-10-11-18(26-5-2)19(15-16)27-6-3/h10-11,15,17H,4-9,12-14H2,1-3H3,(H,22,24). The zero-order valence-electron chi connectivity index (χ0n) is 16.8. The maximum atomic E-state index is 12.4. The van der Waals surface area contributed by atoms with E-state index in [1.54, 1.807) is 4.90 Å². The van der Waals surface area contributed by atoms with Crippen molar-refractivity contribution in [2.24, 2.45) is 0 Å². The van der Waals surface area contributed by atoms with Gasteiger partial charge in [0.25, 0.3) is 0 Å². The van der Waals surface area contributed by atoms with Crippen LogP contribution in [0.5, 0.6) is 11.5 Å². The van der Waals surface area contributed by atoms with Crippen LogP contribution in [0.3, 0.4) is 0 Å². The molecule has 0 bridgehead atoms. The van der Waals surface area contributed by atoms with Gasteiger partial charge in [-0.1, -0.05) is 13.0 Å². The van der Waals surface area contributed by atoms with Crippen LogP contribution < -0.4 is 14.8 Å². The molecular formula is C21H32N2O4. The summed E-state index contributed by atoms with van der Waals surface area (Å²) in [5.74, 6) is 0.519. The molecule has 0 radical (unpaired) electrons. The van der Waals surface area contributed by atoms with Gasteiger partial charge in [-0.15, -0.1) is 0 Å². The van der Waals surface area contributed by atoms with Gasteiger partial charge in [0.1, 0.15) is 0 Å². The van der Waals surface area contributed by atoms with E-state index in [-0.39, 0.29) is 6.04 Å². The minimum atomic E-state index is -0.508. The fourth-order valence-electron chi connectivity index (χ4n) is 3.47. The number of piperidine rings is 1. The van der Waals surface area contributed by atoms with Crippen molar-refractivity contribution < 1.29 is 19.1 Å². The van der Waals surface area contributed by atoms with E-state index in [1.807, 2.05) is 32.0 Å². The second-order valence-corrected chi connectivity index (χ2v) is 6.71. The molecule has 1 atom stereocenters. The van der Waals surface area contributed by atoms with Crippen molar-refractivity contribution in [3.05, 3.63) is 23.8 Å². The molecule has 2 amide bonds. The summed E-state index contributed by atoms with van der Waals surface area (Å²) < 4.78 is 11.2. The lowest BCUT2D eigenvalue weighted by molar-refractivity contribution is -0.148. The van der Waals surface area contributed by atoms with Gasteiger partial charge in [-0.05, 0) is 63.6 Å². The number of amides is 2. The Labute approximate surface area is 162 Å². The molecule has 1 saturated heterocycles. The van der Waals surface area contributed by atoms with Gasteiger partial charge >= 0.3 is 11.8 Å². The van der Waals surface area contributed by atoms with E-state index in [0.29, 0.717) is 38.5 Å². The summed E-state index contributed by atoms with van der Waals surface area (Å²) >= 11 is 0. The Kier molecular flexibility index (Phi) is 8.43. The number of benzene rings is 1. The Hall–Kier alpha value is -2.24. The van der Waals surface area contributed by atoms with Crippen molar-refractivity contribution >= 4 is 11.8 Å². The summed E-state index contributed by atoms with van der Waals surface area (Å²) in [6.45, 7) is 8.15. The van der Waals surface area contributed by atoms with Crippen molar-refractivity contribution in [2.45, 2.75) is 58.9 Å². The first kappa shape index (κ1) is 21.1. The lowest BCUT2D eigenvalue weighted by atomic mass is 10.00. The molecule has 0 aliphatic carbocycles. The average molecular weight is 376 g/mol. The van der Waals surface area contributed by atoms with E-state index >= 15 is 0 Å². The fraction of sp³-hybridized carbons (Fsp3) is 0.619. The van der Waals surface area contributed by atoms with Gasteiger partial charge in [0.15, 0.2) is 11.5 Å². The summed E-state index contributed by atoms with van der Waals surface area (Å²) in [7, 11) is 0. The minimum Gasteiger partial charge on any atom is -0.490 e. The highest BCUT2D eigenvalue weighted by Gasteiger charge is 2.29. The topological polar surface area (TPSA) is 67.9 Å². The molecule has 1 aromatic rings. The normalized spacial score (nSPS) is 16.7. The van der Waals surface area contributed by atoms with E-state index in [4.69, 9.17) is 9.47 Å². The second kappa shape index (κ2) is 10.8. The minimum absolute atomic E-state index is 0.192. The van der Waals surface area contributed by atoms with Crippen LogP contribution in [0.15, 0.2) is 18.2 Å². The maximum absolute atomic E-state index is 12.4. The molecule has 1 aliphatic rings. The Morgan fingerprint density at radius 2 is 1.85 bits per heavy atom. The molecule has 0 spiro atoms. The second-order valence-electron chi connectivity index (χ2n) is 6.71. The molecule has 150 valence electrons. The summed E-state index contributed by atoms with van der Waals surface area (Å²) in [5, 5.41) is 2.76. The number of rotatable bonds is 8. The molecule has 1 unspecified atom stereocenters. The predicted octanol–water partition coefficient (Wildman–Crippen LogP) is 2.93. The van der Waals surface area contributed by atoms with Crippen LogP contribution in [0.25, 0.3) is 0 Å². The molecule has 2 rings (SSSR count). The first-order chi connectivity index (χ1) is 13.1. The SMILES string of the molecule is CCOc1ccc(CCNC(=O)C(=O)N2CCCCC2CC)cc1OCC. The molecule has 0 aromatic heterocycles. The zero-order valence-corrected chi connectivity index (χ0v) is 16.8. The van der Waals surface area contributed by atoms with Crippen molar-refractivity contribution in [1.82, 2.24) is 10.2 Å². The molecule has 27 heavy (non-hydrogen) atoms. The summed E-state index contributed by atoms with van der Waals surface area (Å²) in [5.41, 5.74) is 1.03. The molecule has 1 fully saturated rings. The highest BCUT2D eigenvalue weighted by atomic mass is 16.5. The van der Waals surface area contributed by atoms with Crippen LogP contribution >= 0.6 is 0 Å². The van der Waals surface area contributed by atoms with Crippen LogP contribution in [0.2, 0.25) is 0 Å². The lowest BCUT2D eigenvalue weighted by Gasteiger charge is -2.34. The van der Waals surface area contributed by atoms with E-state index in [2.05, 4.69) is 12.2 Å². The van der Waals surface area contributed by atoms with Gasteiger partial charge in [0, 0.05) is 19.1 Å². The van der Waals surface area contributed by atoms with Gasteiger partial charge in [-0.3, -0.25) is 9.59 Å². The van der Waals surface area contributed by atoms with Gasteiger partial charge in [-0.25, -0.2) is 0 Å². The lowest BCUT2D eigenvalue weighted by Crippen LogP contribution is -2.50. The zero-order chi connectivity index (χ0) is 19.6. The van der Waals surface area contributed by atoms with Crippen LogP contribution in [0.1, 0.15) is 52.0 Å². The molecular weight excluding hydrogens is 344 g/mol. The summed E-state index contributed by atoms with van der Waals surface area (Å²) in [4.78, 5) is 26.4. The number of carbonyl (C=O) groups is 2. The maximum Gasteiger partial charge on any atom is 0.312 e. The number of carbonyl (C=O) groups excluding carboxylic acids is 2. The highest BCUT2D eigenvalue weighted by Crippen LogP contribution is 2.28. The smallest absolute Gasteiger partial charge is 0.312 e. The van der Waals surface area contributed by atoms with Crippen LogP contribution in [0.4, 0.5) is 0 Å². The summed E-state index contributed by atoms with van der Waals surface area (Å²) in [6.07, 6.45) is 4.61. The Bertz CT molecular complexity index is 633. The Balaban J connectivity index is 1.88. The Morgan fingerprint density at radius 3 is 2.56 bits per heavy atom. The molecule has 1 N–H and O–H groups in total. The van der Waals surface area contributed by atoms with Crippen molar-refractivity contribution in [2.75, 3.05) is 26.3 Å². The highest BCUT2D eigenvalue weighted by molar-refractivity contribution is 6.35. The van der Waals surface area contributed by atoms with E-state index in [0.717, 1.165) is 37.0 Å². The first-order valence-electron chi connectivity index (χ1n) is 10.1. The quantitative estimate of drug-likeness (QED) is 0.709. The number of hydrogen-bond donors (Lipinski definition) is 1. The first-order valence-corrected chi connectivity index (χ1v) is 10.1. The van der Waals surface area contributed by atoms with Crippen LogP contribution in [-0.4, -0.2) is 49.1 Å². The molecule has 6 nitrogen and oxygen atoms in total. The predicted molar refractivity (Wildman–Crippen MR) is 105 cm³/mol. The molecule has 1 heterocycles. The molecule has 6 heteroatoms. The molecule has 1 aromatic carbocycles.